The number of fused-ring (bicyclic) bond motifs is 1. The van der Waals surface area contributed by atoms with Gasteiger partial charge in [-0.25, -0.2) is 10.2 Å². The van der Waals surface area contributed by atoms with Crippen molar-refractivity contribution in [2.24, 2.45) is 0 Å². The first-order valence-electron chi connectivity index (χ1n) is 11.6. The maximum atomic E-state index is 13.8. The molecule has 0 fully saturated rings. The molecule has 2 rings (SSSR count). The van der Waals surface area contributed by atoms with E-state index in [2.05, 4.69) is 16.1 Å². The third kappa shape index (κ3) is 6.47. The van der Waals surface area contributed by atoms with Crippen LogP contribution in [0.2, 0.25) is 0 Å². The first kappa shape index (κ1) is 27.1. The van der Waals surface area contributed by atoms with Crippen LogP contribution in [-0.4, -0.2) is 52.4 Å². The molecule has 0 aliphatic carbocycles. The van der Waals surface area contributed by atoms with E-state index >= 15 is 0 Å². The number of nitrogen functional groups attached to an aromatic ring is 1. The summed E-state index contributed by atoms with van der Waals surface area (Å²) in [5.74, 6) is -0.911. The van der Waals surface area contributed by atoms with Crippen LogP contribution in [0.4, 0.5) is 16.2 Å². The number of benzene rings is 1. The minimum Gasteiger partial charge on any atom is -0.444 e. The van der Waals surface area contributed by atoms with E-state index in [0.29, 0.717) is 36.9 Å². The van der Waals surface area contributed by atoms with Gasteiger partial charge >= 0.3 is 6.09 Å². The molecule has 1 aromatic rings. The van der Waals surface area contributed by atoms with Crippen LogP contribution >= 0.6 is 0 Å². The Balaban J connectivity index is 2.35. The number of carbonyl (C=O) groups is 4. The summed E-state index contributed by atoms with van der Waals surface area (Å²) in [4.78, 5) is 51.0. The molecular weight excluding hydrogens is 438 g/mol. The first-order valence-corrected chi connectivity index (χ1v) is 11.6. The van der Waals surface area contributed by atoms with Gasteiger partial charge in [-0.1, -0.05) is 32.4 Å². The average Bonchev–Trinajstić information content (AvgIpc) is 2.73. The Bertz CT molecular complexity index is 929. The van der Waals surface area contributed by atoms with Gasteiger partial charge in [-0.15, -0.1) is 0 Å². The van der Waals surface area contributed by atoms with Gasteiger partial charge in [-0.3, -0.25) is 14.6 Å². The van der Waals surface area contributed by atoms with Gasteiger partial charge in [0.2, 0.25) is 5.91 Å². The number of rotatable bonds is 9. The predicted molar refractivity (Wildman–Crippen MR) is 130 cm³/mol. The number of hydrogen-bond donors (Lipinski definition) is 4. The summed E-state index contributed by atoms with van der Waals surface area (Å²) >= 11 is 0. The number of ether oxygens (including phenoxy) is 1. The second-order valence-corrected chi connectivity index (χ2v) is 9.75. The smallest absolute Gasteiger partial charge is 0.408 e. The molecule has 1 aliphatic heterocycles. The molecule has 10 heteroatoms. The van der Waals surface area contributed by atoms with E-state index < -0.39 is 35.2 Å². The normalized spacial score (nSPS) is 18.1. The van der Waals surface area contributed by atoms with Gasteiger partial charge in [0.05, 0.1) is 11.4 Å². The molecule has 0 spiro atoms. The zero-order chi connectivity index (χ0) is 25.7. The molecule has 34 heavy (non-hydrogen) atoms. The molecule has 1 aromatic carbocycles. The third-order valence-electron chi connectivity index (χ3n) is 5.59. The van der Waals surface area contributed by atoms with E-state index in [9.17, 15) is 19.2 Å². The summed E-state index contributed by atoms with van der Waals surface area (Å²) < 4.78 is 5.35. The fraction of sp³-hybridized carbons (Fsp3) is 0.583. The minimum atomic E-state index is -1.37. The number of nitrogens with zero attached hydrogens (tertiary/aromatic N) is 1. The molecule has 3 atom stereocenters. The van der Waals surface area contributed by atoms with Crippen LogP contribution in [0.25, 0.3) is 0 Å². The Hall–Kier alpha value is -3.14. The number of hydrazine groups is 1. The Morgan fingerprint density at radius 3 is 2.53 bits per heavy atom. The quantitative estimate of drug-likeness (QED) is 0.244. The Morgan fingerprint density at radius 1 is 1.29 bits per heavy atom. The fourth-order valence-electron chi connectivity index (χ4n) is 3.90. The maximum absolute atomic E-state index is 13.8. The molecule has 1 heterocycles. The largest absolute Gasteiger partial charge is 0.444 e. The van der Waals surface area contributed by atoms with Crippen molar-refractivity contribution in [3.05, 3.63) is 23.8 Å². The number of anilines is 2. The molecule has 1 unspecified atom stereocenters. The Kier molecular flexibility index (Phi) is 8.66. The van der Waals surface area contributed by atoms with Crippen molar-refractivity contribution in [1.29, 1.82) is 0 Å². The highest BCUT2D eigenvalue weighted by atomic mass is 16.6. The summed E-state index contributed by atoms with van der Waals surface area (Å²) in [6.45, 7) is 10.4. The molecule has 0 bridgehead atoms. The molecule has 1 aliphatic rings. The van der Waals surface area contributed by atoms with Crippen LogP contribution in [0.3, 0.4) is 0 Å². The van der Waals surface area contributed by atoms with E-state index in [1.165, 1.54) is 5.01 Å². The lowest BCUT2D eigenvalue weighted by molar-refractivity contribution is -0.148. The SMILES string of the molecule is CCCC(C)(NC(=O)OC(C)(C)C)C(=O)N(N[C@@H]1Cc2cccc(N)c2NC1=O)[C@@H](C=O)CC. The van der Waals surface area contributed by atoms with Crippen molar-refractivity contribution in [3.8, 4) is 0 Å². The van der Waals surface area contributed by atoms with E-state index in [1.807, 2.05) is 13.0 Å². The van der Waals surface area contributed by atoms with Crippen LogP contribution in [-0.2, 0) is 25.5 Å². The zero-order valence-corrected chi connectivity index (χ0v) is 20.9. The van der Waals surface area contributed by atoms with E-state index in [-0.39, 0.29) is 12.3 Å². The highest BCUT2D eigenvalue weighted by Crippen LogP contribution is 2.29. The second-order valence-electron chi connectivity index (χ2n) is 9.75. The minimum absolute atomic E-state index is 0.273. The second kappa shape index (κ2) is 10.9. The summed E-state index contributed by atoms with van der Waals surface area (Å²) in [5, 5.41) is 6.63. The summed E-state index contributed by atoms with van der Waals surface area (Å²) in [7, 11) is 0. The Labute approximate surface area is 200 Å². The van der Waals surface area contributed by atoms with Crippen molar-refractivity contribution in [2.75, 3.05) is 11.1 Å². The average molecular weight is 476 g/mol. The van der Waals surface area contributed by atoms with Gasteiger partial charge in [-0.2, -0.15) is 0 Å². The Morgan fingerprint density at radius 2 is 1.97 bits per heavy atom. The molecule has 0 saturated heterocycles. The molecule has 5 N–H and O–H groups in total. The van der Waals surface area contributed by atoms with E-state index in [0.717, 1.165) is 5.56 Å². The lowest BCUT2D eigenvalue weighted by Gasteiger charge is -2.40. The topological polar surface area (TPSA) is 143 Å². The summed E-state index contributed by atoms with van der Waals surface area (Å²) in [6, 6.07) is 3.66. The third-order valence-corrected chi connectivity index (χ3v) is 5.59. The summed E-state index contributed by atoms with van der Waals surface area (Å²) in [5.41, 5.74) is 8.63. The van der Waals surface area contributed by atoms with Gasteiger partial charge in [0.25, 0.3) is 5.91 Å². The van der Waals surface area contributed by atoms with Crippen LogP contribution in [0.5, 0.6) is 0 Å². The van der Waals surface area contributed by atoms with Crippen molar-refractivity contribution < 1.29 is 23.9 Å². The predicted octanol–water partition coefficient (Wildman–Crippen LogP) is 2.53. The highest BCUT2D eigenvalue weighted by molar-refractivity contribution is 6.01. The van der Waals surface area contributed by atoms with Crippen LogP contribution in [0, 0.1) is 0 Å². The van der Waals surface area contributed by atoms with Crippen molar-refractivity contribution in [3.63, 3.8) is 0 Å². The standard InChI is InChI=1S/C24H37N5O5/c1-7-12-24(6,27-22(33)34-23(3,4)5)21(32)29(16(8-2)14-30)28-18-13-15-10-9-11-17(25)19(15)26-20(18)31/h9-11,14,16,18,28H,7-8,12-13,25H2,1-6H3,(H,26,31)(H,27,33)/t16-,18-,24?/m1/s1. The monoisotopic (exact) mass is 475 g/mol. The first-order chi connectivity index (χ1) is 15.8. The van der Waals surface area contributed by atoms with Crippen LogP contribution in [0.15, 0.2) is 18.2 Å². The number of amides is 3. The number of hydrogen-bond acceptors (Lipinski definition) is 7. The molecule has 0 aromatic heterocycles. The molecular formula is C24H37N5O5. The fourth-order valence-corrected chi connectivity index (χ4v) is 3.90. The molecule has 188 valence electrons. The number of aldehydes is 1. The molecule has 0 saturated carbocycles. The van der Waals surface area contributed by atoms with E-state index in [1.54, 1.807) is 46.8 Å². The van der Waals surface area contributed by atoms with Gasteiger partial charge < -0.3 is 25.9 Å². The van der Waals surface area contributed by atoms with Crippen molar-refractivity contribution in [1.82, 2.24) is 15.8 Å². The van der Waals surface area contributed by atoms with Crippen LogP contribution in [0.1, 0.15) is 66.4 Å². The number of nitrogens with two attached hydrogens (primary N) is 1. The number of nitrogens with one attached hydrogen (secondary N) is 3. The van der Waals surface area contributed by atoms with Gasteiger partial charge in [-0.05, 0) is 52.2 Å². The summed E-state index contributed by atoms with van der Waals surface area (Å²) in [6.07, 6.45) is 1.38. The lowest BCUT2D eigenvalue weighted by atomic mass is 9.93. The molecule has 0 radical (unpaired) electrons. The van der Waals surface area contributed by atoms with Gasteiger partial charge in [0, 0.05) is 6.42 Å². The number of alkyl carbamates (subject to hydrolysis) is 1. The number of carbonyl (C=O) groups excluding carboxylic acids is 4. The number of para-hydroxylation sites is 1. The van der Waals surface area contributed by atoms with Gasteiger partial charge in [0.15, 0.2) is 0 Å². The maximum Gasteiger partial charge on any atom is 0.408 e. The highest BCUT2D eigenvalue weighted by Gasteiger charge is 2.42. The van der Waals surface area contributed by atoms with E-state index in [4.69, 9.17) is 10.5 Å². The van der Waals surface area contributed by atoms with Crippen molar-refractivity contribution in [2.45, 2.75) is 90.4 Å². The lowest BCUT2D eigenvalue weighted by Crippen LogP contribution is -2.66. The van der Waals surface area contributed by atoms with Gasteiger partial charge in [0.1, 0.15) is 29.5 Å². The zero-order valence-electron chi connectivity index (χ0n) is 20.9. The van der Waals surface area contributed by atoms with Crippen LogP contribution < -0.4 is 21.8 Å². The molecule has 10 nitrogen and oxygen atoms in total. The molecule has 3 amide bonds. The van der Waals surface area contributed by atoms with Crippen molar-refractivity contribution >= 4 is 35.6 Å².